The number of nitrogen functional groups attached to an aromatic ring is 1. The first-order valence-electron chi connectivity index (χ1n) is 8.20. The molecular formula is C15H22N8O. The monoisotopic (exact) mass is 330 g/mol. The maximum absolute atomic E-state index is 12.4. The van der Waals surface area contributed by atoms with Crippen LogP contribution in [0, 0.1) is 12.3 Å². The summed E-state index contributed by atoms with van der Waals surface area (Å²) in [5, 5.41) is 17.9. The highest BCUT2D eigenvalue weighted by molar-refractivity contribution is 5.76. The Kier molecular flexibility index (Phi) is 4.64. The highest BCUT2D eigenvalue weighted by atomic mass is 16.2. The smallest absolute Gasteiger partial charge is 0.243 e. The molecule has 1 fully saturated rings. The zero-order valence-corrected chi connectivity index (χ0v) is 13.5. The van der Waals surface area contributed by atoms with Crippen molar-refractivity contribution in [3.63, 3.8) is 0 Å². The molecule has 9 nitrogen and oxygen atoms in total. The van der Waals surface area contributed by atoms with E-state index in [1.165, 1.54) is 0 Å². The number of nitrogens with one attached hydrogen (secondary N) is 2. The number of aromatic nitrogens is 3. The first-order valence-corrected chi connectivity index (χ1v) is 8.20. The third-order valence-corrected chi connectivity index (χ3v) is 4.48. The standard InChI is InChI=1S/C15H22N8O/c1-2-3-7-15(21-22-15)8-4-12(24)23-9-5-11(6-10-23)17-14-18-13(16)19-20-14/h1,11H,3-10H2,(H4,16,17,18,19,20). The number of hydrogen-bond donors (Lipinski definition) is 3. The summed E-state index contributed by atoms with van der Waals surface area (Å²) in [6, 6.07) is 0.250. The molecular weight excluding hydrogens is 308 g/mol. The van der Waals surface area contributed by atoms with E-state index < -0.39 is 0 Å². The Bertz CT molecular complexity index is 647. The van der Waals surface area contributed by atoms with Crippen LogP contribution in [0.3, 0.4) is 0 Å². The molecule has 0 spiro atoms. The van der Waals surface area contributed by atoms with Gasteiger partial charge in [-0.1, -0.05) is 0 Å². The van der Waals surface area contributed by atoms with Gasteiger partial charge in [-0.3, -0.25) is 4.79 Å². The second kappa shape index (κ2) is 6.86. The predicted molar refractivity (Wildman–Crippen MR) is 88.9 cm³/mol. The Morgan fingerprint density at radius 2 is 2.17 bits per heavy atom. The van der Waals surface area contributed by atoms with Crippen molar-refractivity contribution in [3.8, 4) is 12.3 Å². The summed E-state index contributed by atoms with van der Waals surface area (Å²) < 4.78 is 0. The Morgan fingerprint density at radius 1 is 1.42 bits per heavy atom. The fraction of sp³-hybridized carbons (Fsp3) is 0.667. The van der Waals surface area contributed by atoms with Gasteiger partial charge in [0.15, 0.2) is 5.66 Å². The van der Waals surface area contributed by atoms with E-state index in [0.29, 0.717) is 31.2 Å². The first kappa shape index (κ1) is 16.2. The number of carbonyl (C=O) groups excluding carboxylic acids is 1. The average Bonchev–Trinajstić information content (AvgIpc) is 3.26. The topological polar surface area (TPSA) is 125 Å². The van der Waals surface area contributed by atoms with Crippen molar-refractivity contribution in [1.29, 1.82) is 0 Å². The van der Waals surface area contributed by atoms with Gasteiger partial charge in [-0.25, -0.2) is 5.10 Å². The van der Waals surface area contributed by atoms with Gasteiger partial charge in [0.05, 0.1) is 0 Å². The average molecular weight is 330 g/mol. The van der Waals surface area contributed by atoms with Crippen LogP contribution < -0.4 is 11.1 Å². The van der Waals surface area contributed by atoms with Gasteiger partial charge in [0.1, 0.15) is 0 Å². The zero-order valence-electron chi connectivity index (χ0n) is 13.5. The first-order chi connectivity index (χ1) is 11.6. The molecule has 2 aliphatic heterocycles. The molecule has 1 saturated heterocycles. The van der Waals surface area contributed by atoms with Crippen LogP contribution in [0.5, 0.6) is 0 Å². The minimum Gasteiger partial charge on any atom is -0.368 e. The summed E-state index contributed by atoms with van der Waals surface area (Å²) in [5.41, 5.74) is 5.12. The SMILES string of the molecule is C#CCCC1(CCC(=O)N2CCC(Nc3n[nH]c(N)n3)CC2)N=N1. The molecule has 4 N–H and O–H groups in total. The Hall–Kier alpha value is -2.63. The molecule has 0 atom stereocenters. The molecule has 1 aromatic rings. The summed E-state index contributed by atoms with van der Waals surface area (Å²) in [4.78, 5) is 18.3. The van der Waals surface area contributed by atoms with Crippen LogP contribution in [0.25, 0.3) is 0 Å². The van der Waals surface area contributed by atoms with E-state index in [4.69, 9.17) is 12.2 Å². The number of carbonyl (C=O) groups is 1. The zero-order chi connectivity index (χ0) is 17.0. The highest BCUT2D eigenvalue weighted by Gasteiger charge is 2.39. The van der Waals surface area contributed by atoms with E-state index in [9.17, 15) is 4.79 Å². The number of hydrogen-bond acceptors (Lipinski definition) is 7. The van der Waals surface area contributed by atoms with Crippen LogP contribution >= 0.6 is 0 Å². The molecule has 3 heterocycles. The van der Waals surface area contributed by atoms with Gasteiger partial charge in [0.25, 0.3) is 0 Å². The number of terminal acetylenes is 1. The van der Waals surface area contributed by atoms with Crippen molar-refractivity contribution in [1.82, 2.24) is 20.1 Å². The number of amides is 1. The molecule has 0 bridgehead atoms. The quantitative estimate of drug-likeness (QED) is 0.647. The van der Waals surface area contributed by atoms with Crippen LogP contribution in [0.15, 0.2) is 10.2 Å². The number of nitrogens with two attached hydrogens (primary N) is 1. The molecule has 128 valence electrons. The normalized spacial score (nSPS) is 19.0. The van der Waals surface area contributed by atoms with E-state index in [0.717, 1.165) is 32.4 Å². The molecule has 1 amide bonds. The number of piperidine rings is 1. The minimum atomic E-state index is -0.381. The van der Waals surface area contributed by atoms with Crippen molar-refractivity contribution in [2.75, 3.05) is 24.1 Å². The minimum absolute atomic E-state index is 0.160. The van der Waals surface area contributed by atoms with E-state index in [1.54, 1.807) is 0 Å². The molecule has 0 unspecified atom stereocenters. The Morgan fingerprint density at radius 3 is 2.75 bits per heavy atom. The molecule has 0 saturated carbocycles. The third-order valence-electron chi connectivity index (χ3n) is 4.48. The maximum atomic E-state index is 12.4. The van der Waals surface area contributed by atoms with Gasteiger partial charge in [-0.15, -0.1) is 17.4 Å². The molecule has 0 aliphatic carbocycles. The van der Waals surface area contributed by atoms with Crippen LogP contribution in [0.2, 0.25) is 0 Å². The predicted octanol–water partition coefficient (Wildman–Crippen LogP) is 1.15. The van der Waals surface area contributed by atoms with Gasteiger partial charge in [-0.2, -0.15) is 15.2 Å². The van der Waals surface area contributed by atoms with Gasteiger partial charge in [0, 0.05) is 44.8 Å². The molecule has 9 heteroatoms. The summed E-state index contributed by atoms with van der Waals surface area (Å²) in [6.45, 7) is 1.45. The summed E-state index contributed by atoms with van der Waals surface area (Å²) in [7, 11) is 0. The van der Waals surface area contributed by atoms with Gasteiger partial charge in [0.2, 0.25) is 17.8 Å². The number of aromatic amines is 1. The fourth-order valence-corrected chi connectivity index (χ4v) is 2.93. The summed E-state index contributed by atoms with van der Waals surface area (Å²) in [6.07, 6.45) is 9.49. The van der Waals surface area contributed by atoms with Crippen molar-refractivity contribution in [2.45, 2.75) is 50.2 Å². The number of rotatable bonds is 7. The summed E-state index contributed by atoms with van der Waals surface area (Å²) in [5.74, 6) is 3.55. The fourth-order valence-electron chi connectivity index (χ4n) is 2.93. The molecule has 3 rings (SSSR count). The lowest BCUT2D eigenvalue weighted by atomic mass is 10.0. The van der Waals surface area contributed by atoms with Crippen molar-refractivity contribution < 1.29 is 4.79 Å². The Balaban J connectivity index is 1.38. The third kappa shape index (κ3) is 4.01. The maximum Gasteiger partial charge on any atom is 0.243 e. The number of H-pyrrole nitrogens is 1. The lowest BCUT2D eigenvalue weighted by Gasteiger charge is -2.32. The van der Waals surface area contributed by atoms with Gasteiger partial charge < -0.3 is 16.0 Å². The van der Waals surface area contributed by atoms with E-state index >= 15 is 0 Å². The van der Waals surface area contributed by atoms with Gasteiger partial charge in [-0.05, 0) is 12.8 Å². The van der Waals surface area contributed by atoms with Crippen molar-refractivity contribution >= 4 is 17.8 Å². The second-order valence-corrected chi connectivity index (χ2v) is 6.23. The van der Waals surface area contributed by atoms with Gasteiger partial charge >= 0.3 is 0 Å². The second-order valence-electron chi connectivity index (χ2n) is 6.23. The Labute approximate surface area is 140 Å². The van der Waals surface area contributed by atoms with E-state index in [1.807, 2.05) is 4.90 Å². The number of anilines is 2. The van der Waals surface area contributed by atoms with Crippen LogP contribution in [0.4, 0.5) is 11.9 Å². The lowest BCUT2D eigenvalue weighted by Crippen LogP contribution is -2.42. The van der Waals surface area contributed by atoms with Crippen molar-refractivity contribution in [2.24, 2.45) is 10.2 Å². The lowest BCUT2D eigenvalue weighted by molar-refractivity contribution is -0.132. The van der Waals surface area contributed by atoms with E-state index in [-0.39, 0.29) is 17.6 Å². The van der Waals surface area contributed by atoms with E-state index in [2.05, 4.69) is 36.6 Å². The van der Waals surface area contributed by atoms with Crippen molar-refractivity contribution in [3.05, 3.63) is 0 Å². The van der Waals surface area contributed by atoms with Crippen LogP contribution in [-0.2, 0) is 4.79 Å². The molecule has 1 aromatic heterocycles. The van der Waals surface area contributed by atoms with Crippen LogP contribution in [0.1, 0.15) is 38.5 Å². The number of likely N-dealkylation sites (tertiary alicyclic amines) is 1. The summed E-state index contributed by atoms with van der Waals surface area (Å²) >= 11 is 0. The molecule has 2 aliphatic rings. The molecule has 0 aromatic carbocycles. The highest BCUT2D eigenvalue weighted by Crippen LogP contribution is 2.37. The largest absolute Gasteiger partial charge is 0.368 e. The molecule has 0 radical (unpaired) electrons. The number of nitrogens with zero attached hydrogens (tertiary/aromatic N) is 5. The van der Waals surface area contributed by atoms with Crippen LogP contribution in [-0.4, -0.2) is 50.8 Å². The molecule has 24 heavy (non-hydrogen) atoms.